The summed E-state index contributed by atoms with van der Waals surface area (Å²) >= 11 is 2.70. The second-order valence-corrected chi connectivity index (χ2v) is 2.45. The van der Waals surface area contributed by atoms with Crippen molar-refractivity contribution < 1.29 is 0 Å². The Balaban J connectivity index is 0.0000001000. The molecule has 0 unspecified atom stereocenters. The van der Waals surface area contributed by atoms with Crippen LogP contribution in [0.4, 0.5) is 0 Å². The van der Waals surface area contributed by atoms with E-state index in [1.54, 1.807) is 23.4 Å². The third-order valence-corrected chi connectivity index (χ3v) is 1.43. The van der Waals surface area contributed by atoms with Gasteiger partial charge in [-0.25, -0.2) is 0 Å². The van der Waals surface area contributed by atoms with E-state index in [9.17, 15) is 0 Å². The first-order valence-corrected chi connectivity index (χ1v) is 4.08. The fourth-order valence-electron chi connectivity index (χ4n) is 0.272. The molecule has 0 aliphatic rings. The van der Waals surface area contributed by atoms with Gasteiger partial charge in [-0.2, -0.15) is 8.75 Å². The highest BCUT2D eigenvalue weighted by atomic mass is 32.1. The molecule has 0 saturated carbocycles. The van der Waals surface area contributed by atoms with Gasteiger partial charge in [0.15, 0.2) is 0 Å². The highest BCUT2D eigenvalue weighted by molar-refractivity contribution is 7.07. The Bertz CT molecular complexity index is 154. The minimum atomic E-state index is 1.21. The third kappa shape index (κ3) is 3.21. The highest BCUT2D eigenvalue weighted by Crippen LogP contribution is 1.80. The van der Waals surface area contributed by atoms with Crippen LogP contribution in [0, 0.1) is 0 Å². The number of nitrogens with zero attached hydrogens (tertiary/aromatic N) is 4. The molecule has 10 heavy (non-hydrogen) atoms. The van der Waals surface area contributed by atoms with Crippen molar-refractivity contribution in [3.8, 4) is 0 Å². The zero-order valence-electron chi connectivity index (χ0n) is 4.91. The molecule has 0 bridgehead atoms. The smallest absolute Gasteiger partial charge is 0.103 e. The Hall–Kier alpha value is -0.880. The van der Waals surface area contributed by atoms with Gasteiger partial charge in [0.2, 0.25) is 0 Å². The standard InChI is InChI=1S/2C2H2N2S/c1-3-4-2-5-1;1-2-4-5-3-1/h2*1-2H. The van der Waals surface area contributed by atoms with Crippen molar-refractivity contribution in [1.82, 2.24) is 18.9 Å². The normalized spacial score (nSPS) is 8.00. The molecule has 0 amide bonds. The van der Waals surface area contributed by atoms with Gasteiger partial charge in [0.1, 0.15) is 11.0 Å². The maximum atomic E-state index is 3.65. The van der Waals surface area contributed by atoms with Crippen LogP contribution in [0.3, 0.4) is 0 Å². The zero-order valence-corrected chi connectivity index (χ0v) is 6.55. The van der Waals surface area contributed by atoms with Gasteiger partial charge in [0, 0.05) is 0 Å². The molecule has 6 heteroatoms. The largest absolute Gasteiger partial charge is 0.182 e. The molecule has 0 aromatic carbocycles. The van der Waals surface area contributed by atoms with Gasteiger partial charge in [-0.05, 0) is 0 Å². The molecule has 0 atom stereocenters. The van der Waals surface area contributed by atoms with Gasteiger partial charge in [-0.3, -0.25) is 0 Å². The predicted molar refractivity (Wildman–Crippen MR) is 39.8 cm³/mol. The quantitative estimate of drug-likeness (QED) is 0.596. The van der Waals surface area contributed by atoms with Crippen LogP contribution in [-0.4, -0.2) is 18.9 Å². The molecule has 2 aromatic rings. The minimum absolute atomic E-state index is 1.21. The maximum absolute atomic E-state index is 3.65. The molecule has 52 valence electrons. The van der Waals surface area contributed by atoms with E-state index in [0.29, 0.717) is 0 Å². The van der Waals surface area contributed by atoms with E-state index in [0.717, 1.165) is 0 Å². The lowest BCUT2D eigenvalue weighted by Gasteiger charge is -1.41. The third-order valence-electron chi connectivity index (χ3n) is 0.565. The Labute approximate surface area is 65.9 Å². The van der Waals surface area contributed by atoms with Crippen molar-refractivity contribution in [1.29, 1.82) is 0 Å². The lowest BCUT2D eigenvalue weighted by Crippen LogP contribution is -1.53. The summed E-state index contributed by atoms with van der Waals surface area (Å²) in [5, 5.41) is 6.98. The summed E-state index contributed by atoms with van der Waals surface area (Å²) in [7, 11) is 0. The maximum Gasteiger partial charge on any atom is 0.103 e. The lowest BCUT2D eigenvalue weighted by molar-refractivity contribution is 1.09. The van der Waals surface area contributed by atoms with Gasteiger partial charge in [-0.1, -0.05) is 0 Å². The molecule has 2 rings (SSSR count). The van der Waals surface area contributed by atoms with E-state index in [1.807, 2.05) is 0 Å². The van der Waals surface area contributed by atoms with E-state index in [1.165, 1.54) is 23.1 Å². The molecule has 0 saturated heterocycles. The number of hydrogen-bond acceptors (Lipinski definition) is 6. The van der Waals surface area contributed by atoms with Gasteiger partial charge in [0.05, 0.1) is 24.1 Å². The predicted octanol–water partition coefficient (Wildman–Crippen LogP) is 1.08. The molecule has 0 aliphatic heterocycles. The number of rotatable bonds is 0. The van der Waals surface area contributed by atoms with E-state index in [4.69, 9.17) is 0 Å². The van der Waals surface area contributed by atoms with Crippen LogP contribution in [0.25, 0.3) is 0 Å². The molecule has 0 radical (unpaired) electrons. The van der Waals surface area contributed by atoms with Gasteiger partial charge < -0.3 is 0 Å². The lowest BCUT2D eigenvalue weighted by atomic mass is 11.0. The molecule has 2 aromatic heterocycles. The van der Waals surface area contributed by atoms with Crippen LogP contribution in [0.2, 0.25) is 0 Å². The Morgan fingerprint density at radius 3 is 1.70 bits per heavy atom. The van der Waals surface area contributed by atoms with Crippen LogP contribution in [0.15, 0.2) is 23.4 Å². The van der Waals surface area contributed by atoms with E-state index in [2.05, 4.69) is 18.9 Å². The van der Waals surface area contributed by atoms with Crippen LogP contribution in [-0.2, 0) is 0 Å². The average molecular weight is 172 g/mol. The van der Waals surface area contributed by atoms with Crippen LogP contribution >= 0.6 is 23.1 Å². The highest BCUT2D eigenvalue weighted by Gasteiger charge is 1.61. The first-order valence-electron chi connectivity index (χ1n) is 2.40. The van der Waals surface area contributed by atoms with Gasteiger partial charge in [-0.15, -0.1) is 21.5 Å². The number of aromatic nitrogens is 4. The molecule has 0 spiro atoms. The molecule has 0 aliphatic carbocycles. The summed E-state index contributed by atoms with van der Waals surface area (Å²) in [5.74, 6) is 0. The minimum Gasteiger partial charge on any atom is -0.182 e. The summed E-state index contributed by atoms with van der Waals surface area (Å²) in [6.45, 7) is 0. The second-order valence-electron chi connectivity index (χ2n) is 1.17. The summed E-state index contributed by atoms with van der Waals surface area (Å²) < 4.78 is 7.31. The summed E-state index contributed by atoms with van der Waals surface area (Å²) in [6.07, 6.45) is 3.31. The van der Waals surface area contributed by atoms with Crippen molar-refractivity contribution >= 4 is 23.1 Å². The monoisotopic (exact) mass is 172 g/mol. The van der Waals surface area contributed by atoms with Crippen LogP contribution < -0.4 is 0 Å². The van der Waals surface area contributed by atoms with Crippen molar-refractivity contribution in [2.45, 2.75) is 0 Å². The van der Waals surface area contributed by atoms with Crippen molar-refractivity contribution in [3.05, 3.63) is 23.4 Å². The van der Waals surface area contributed by atoms with Crippen molar-refractivity contribution in [3.63, 3.8) is 0 Å². The van der Waals surface area contributed by atoms with E-state index >= 15 is 0 Å². The molecule has 2 heterocycles. The topological polar surface area (TPSA) is 51.6 Å². The Kier molecular flexibility index (Phi) is 3.58. The fourth-order valence-corrected chi connectivity index (χ4v) is 0.816. The van der Waals surface area contributed by atoms with Crippen LogP contribution in [0.5, 0.6) is 0 Å². The first-order chi connectivity index (χ1) is 5.00. The van der Waals surface area contributed by atoms with Gasteiger partial charge in [0.25, 0.3) is 0 Å². The van der Waals surface area contributed by atoms with Gasteiger partial charge >= 0.3 is 0 Å². The fraction of sp³-hybridized carbons (Fsp3) is 0. The summed E-state index contributed by atoms with van der Waals surface area (Å²) in [5.41, 5.74) is 3.36. The van der Waals surface area contributed by atoms with Crippen molar-refractivity contribution in [2.75, 3.05) is 0 Å². The average Bonchev–Trinajstić information content (AvgIpc) is 2.67. The Morgan fingerprint density at radius 1 is 0.900 bits per heavy atom. The SMILES string of the molecule is c1cnsn1.c1nncs1. The number of hydrogen-bond donors (Lipinski definition) is 0. The van der Waals surface area contributed by atoms with Crippen molar-refractivity contribution in [2.24, 2.45) is 0 Å². The molecule has 0 fully saturated rings. The molecule has 0 N–H and O–H groups in total. The van der Waals surface area contributed by atoms with E-state index in [-0.39, 0.29) is 0 Å². The first kappa shape index (κ1) is 7.23. The Morgan fingerprint density at radius 2 is 1.50 bits per heavy atom. The summed E-state index contributed by atoms with van der Waals surface area (Å²) in [4.78, 5) is 0. The summed E-state index contributed by atoms with van der Waals surface area (Å²) in [6, 6.07) is 0. The molecular weight excluding hydrogens is 168 g/mol. The van der Waals surface area contributed by atoms with E-state index < -0.39 is 0 Å². The van der Waals surface area contributed by atoms with Crippen LogP contribution in [0.1, 0.15) is 0 Å². The molecular formula is C4H4N4S2. The zero-order chi connectivity index (χ0) is 7.07. The molecule has 4 nitrogen and oxygen atoms in total. The second kappa shape index (κ2) is 4.95.